The summed E-state index contributed by atoms with van der Waals surface area (Å²) in [5, 5.41) is 0. The van der Waals surface area contributed by atoms with Gasteiger partial charge in [0.05, 0.1) is 0 Å². The number of hydrogen-bond acceptors (Lipinski definition) is 6. The summed E-state index contributed by atoms with van der Waals surface area (Å²) in [5.41, 5.74) is 0. The molecule has 24 heavy (non-hydrogen) atoms. The summed E-state index contributed by atoms with van der Waals surface area (Å²) < 4.78 is 30.1. The van der Waals surface area contributed by atoms with Crippen molar-refractivity contribution < 1.29 is 26.0 Å². The first kappa shape index (κ1) is 24.4. The molecule has 0 atom stereocenters. The summed E-state index contributed by atoms with van der Waals surface area (Å²) in [7, 11) is -10.9. The van der Waals surface area contributed by atoms with Crippen molar-refractivity contribution in [2.75, 3.05) is 6.23 Å². The Morgan fingerprint density at radius 1 is 0.625 bits per heavy atom. The van der Waals surface area contributed by atoms with E-state index < -0.39 is 42.3 Å². The van der Waals surface area contributed by atoms with E-state index in [2.05, 4.69) is 32.7 Å². The van der Waals surface area contributed by atoms with Gasteiger partial charge in [-0.1, -0.05) is 0 Å². The molecule has 143 valence electrons. The van der Waals surface area contributed by atoms with Gasteiger partial charge in [-0.2, -0.15) is 0 Å². The van der Waals surface area contributed by atoms with E-state index >= 15 is 0 Å². The van der Waals surface area contributed by atoms with Crippen molar-refractivity contribution in [3.63, 3.8) is 0 Å². The Bertz CT molecular complexity index is 420. The number of rotatable bonds is 11. The Kier molecular flexibility index (Phi) is 8.53. The van der Waals surface area contributed by atoms with Gasteiger partial charge in [0.15, 0.2) is 8.32 Å². The van der Waals surface area contributed by atoms with Crippen molar-refractivity contribution in [1.82, 2.24) is 0 Å². The van der Waals surface area contributed by atoms with Gasteiger partial charge in [0.25, 0.3) is 0 Å². The third-order valence-electron chi connectivity index (χ3n) is 2.54. The Balaban J connectivity index is 4.90. The molecular formula is C13H35O6Si5. The van der Waals surface area contributed by atoms with Gasteiger partial charge in [-0.3, -0.25) is 0 Å². The first-order chi connectivity index (χ1) is 10.4. The highest BCUT2D eigenvalue weighted by atomic mass is 28.5. The molecule has 6 nitrogen and oxygen atoms in total. The predicted molar refractivity (Wildman–Crippen MR) is 109 cm³/mol. The number of hydrogen-bond donors (Lipinski definition) is 0. The highest BCUT2D eigenvalue weighted by Gasteiger charge is 2.45. The lowest BCUT2D eigenvalue weighted by atomic mass is 11.5. The maximum atomic E-state index is 10.3. The standard InChI is InChI=1S/C13H35O6Si5/c1-20(2,3)16-22(6,7)18-24(10,11)19-23(8,9)17-21(4,5)13-15-12-14/h13H2,1-11H3. The minimum Gasteiger partial charge on any atom is -0.458 e. The van der Waals surface area contributed by atoms with Gasteiger partial charge in [0.2, 0.25) is 8.32 Å². The molecule has 0 aliphatic carbocycles. The summed E-state index contributed by atoms with van der Waals surface area (Å²) in [4.78, 5) is 10.3. The van der Waals surface area contributed by atoms with E-state index in [9.17, 15) is 4.79 Å². The van der Waals surface area contributed by atoms with Crippen LogP contribution in [0, 0.1) is 0 Å². The van der Waals surface area contributed by atoms with Crippen LogP contribution in [0.2, 0.25) is 72.0 Å². The number of ether oxygens (including phenoxy) is 1. The van der Waals surface area contributed by atoms with Gasteiger partial charge in [-0.25, -0.2) is 4.79 Å². The molecule has 0 fully saturated rings. The number of carbonyl (C=O) groups excluding carboxylic acids is 1. The molecule has 0 aliphatic heterocycles. The molecule has 0 N–H and O–H groups in total. The van der Waals surface area contributed by atoms with E-state index in [1.54, 1.807) is 0 Å². The van der Waals surface area contributed by atoms with E-state index in [1.165, 1.54) is 6.47 Å². The summed E-state index contributed by atoms with van der Waals surface area (Å²) >= 11 is 0. The molecule has 0 aliphatic rings. The SMILES string of the molecule is C[Si](C)(C)O[Si](C)(C)O[Si](C)(C)O[Si](C)(C)O[Si](C)(C)CO[C]=O. The van der Waals surface area contributed by atoms with Crippen LogP contribution in [0.1, 0.15) is 0 Å². The minimum absolute atomic E-state index is 0.276. The summed E-state index contributed by atoms with van der Waals surface area (Å²) in [6, 6.07) is 0. The average Bonchev–Trinajstić information content (AvgIpc) is 2.16. The van der Waals surface area contributed by atoms with Gasteiger partial charge in [0, 0.05) is 0 Å². The Labute approximate surface area is 153 Å². The lowest BCUT2D eigenvalue weighted by molar-refractivity contribution is 0.279. The van der Waals surface area contributed by atoms with E-state index in [4.69, 9.17) is 21.2 Å². The van der Waals surface area contributed by atoms with Crippen LogP contribution in [-0.4, -0.2) is 55.0 Å². The van der Waals surface area contributed by atoms with Crippen molar-refractivity contribution >= 4 is 48.8 Å². The molecule has 0 saturated heterocycles. The zero-order valence-electron chi connectivity index (χ0n) is 17.2. The molecule has 0 spiro atoms. The Morgan fingerprint density at radius 3 is 1.38 bits per heavy atom. The molecule has 1 radical (unpaired) electrons. The summed E-state index contributed by atoms with van der Waals surface area (Å²) in [5.74, 6) is 0. The lowest BCUT2D eigenvalue weighted by Gasteiger charge is -2.41. The van der Waals surface area contributed by atoms with Gasteiger partial charge >= 0.3 is 32.2 Å². The van der Waals surface area contributed by atoms with Crippen LogP contribution in [0.5, 0.6) is 0 Å². The van der Waals surface area contributed by atoms with Crippen molar-refractivity contribution in [1.29, 1.82) is 0 Å². The van der Waals surface area contributed by atoms with Crippen LogP contribution in [0.4, 0.5) is 0 Å². The molecule has 0 heterocycles. The van der Waals surface area contributed by atoms with Crippen molar-refractivity contribution in [3.05, 3.63) is 0 Å². The lowest BCUT2D eigenvalue weighted by Crippen LogP contribution is -2.59. The van der Waals surface area contributed by atoms with Crippen LogP contribution in [0.25, 0.3) is 0 Å². The third-order valence-corrected chi connectivity index (χ3v) is 19.8. The quantitative estimate of drug-likeness (QED) is 0.467. The van der Waals surface area contributed by atoms with Crippen molar-refractivity contribution in [2.24, 2.45) is 0 Å². The normalized spacial score (nSPS) is 14.6. The smallest absolute Gasteiger partial charge is 0.417 e. The highest BCUT2D eigenvalue weighted by molar-refractivity contribution is 6.90. The minimum atomic E-state index is -2.42. The molecule has 0 rings (SSSR count). The fraction of sp³-hybridized carbons (Fsp3) is 0.923. The van der Waals surface area contributed by atoms with Crippen molar-refractivity contribution in [2.45, 2.75) is 72.0 Å². The zero-order valence-corrected chi connectivity index (χ0v) is 22.2. The molecule has 0 amide bonds. The van der Waals surface area contributed by atoms with Crippen LogP contribution >= 0.6 is 0 Å². The second-order valence-electron chi connectivity index (χ2n) is 8.85. The molecule has 11 heteroatoms. The third kappa shape index (κ3) is 11.9. The molecule has 0 unspecified atom stereocenters. The molecule has 0 aromatic heterocycles. The van der Waals surface area contributed by atoms with Crippen molar-refractivity contribution in [3.8, 4) is 0 Å². The molecule has 0 aromatic carbocycles. The van der Waals surface area contributed by atoms with Gasteiger partial charge < -0.3 is 21.2 Å². The van der Waals surface area contributed by atoms with E-state index in [0.29, 0.717) is 0 Å². The van der Waals surface area contributed by atoms with E-state index in [-0.39, 0.29) is 6.23 Å². The van der Waals surface area contributed by atoms with E-state index in [0.717, 1.165) is 0 Å². The molecule has 0 bridgehead atoms. The summed E-state index contributed by atoms with van der Waals surface area (Å²) in [6.45, 7) is 24.2. The maximum absolute atomic E-state index is 10.3. The molecular weight excluding hydrogens is 393 g/mol. The second-order valence-corrected chi connectivity index (χ2v) is 28.5. The van der Waals surface area contributed by atoms with Crippen LogP contribution in [-0.2, 0) is 26.0 Å². The van der Waals surface area contributed by atoms with Gasteiger partial charge in [-0.05, 0) is 72.0 Å². The zero-order chi connectivity index (χ0) is 19.4. The fourth-order valence-electron chi connectivity index (χ4n) is 2.88. The summed E-state index contributed by atoms with van der Waals surface area (Å²) in [6.07, 6.45) is 0.276. The van der Waals surface area contributed by atoms with Crippen LogP contribution in [0.15, 0.2) is 0 Å². The van der Waals surface area contributed by atoms with Crippen LogP contribution < -0.4 is 0 Å². The largest absolute Gasteiger partial charge is 0.458 e. The molecule has 0 aromatic rings. The maximum Gasteiger partial charge on any atom is 0.417 e. The fourth-order valence-corrected chi connectivity index (χ4v) is 25.8. The Hall–Kier alpha value is 0.394. The second kappa shape index (κ2) is 8.39. The topological polar surface area (TPSA) is 63.2 Å². The first-order valence-corrected chi connectivity index (χ1v) is 23.2. The van der Waals surface area contributed by atoms with E-state index in [1.807, 2.05) is 39.3 Å². The van der Waals surface area contributed by atoms with Gasteiger partial charge in [-0.15, -0.1) is 0 Å². The Morgan fingerprint density at radius 2 is 1.00 bits per heavy atom. The van der Waals surface area contributed by atoms with Gasteiger partial charge in [0.1, 0.15) is 6.23 Å². The monoisotopic (exact) mass is 427 g/mol. The van der Waals surface area contributed by atoms with Crippen LogP contribution in [0.3, 0.4) is 0 Å². The first-order valence-electron chi connectivity index (χ1n) is 8.18. The predicted octanol–water partition coefficient (Wildman–Crippen LogP) is 3.82. The highest BCUT2D eigenvalue weighted by Crippen LogP contribution is 2.25. The average molecular weight is 428 g/mol. The molecule has 0 saturated carbocycles.